The summed E-state index contributed by atoms with van der Waals surface area (Å²) >= 11 is 0. The molecule has 1 aliphatic carbocycles. The molecule has 2 aliphatic rings. The lowest BCUT2D eigenvalue weighted by Crippen LogP contribution is -2.55. The maximum atomic E-state index is 6.62. The Hall–Kier alpha value is -0.860. The highest BCUT2D eigenvalue weighted by molar-refractivity contribution is 5.26. The molecule has 3 rings (SSSR count). The smallest absolute Gasteiger partial charge is 0.0983 e. The molecule has 20 heavy (non-hydrogen) atoms. The lowest BCUT2D eigenvalue weighted by molar-refractivity contribution is -0.151. The third-order valence-corrected chi connectivity index (χ3v) is 5.06. The molecule has 0 aromatic heterocycles. The Morgan fingerprint density at radius 2 is 1.85 bits per heavy atom. The minimum absolute atomic E-state index is 0.0961. The lowest BCUT2D eigenvalue weighted by atomic mass is 9.82. The number of hydrogen-bond donors (Lipinski definition) is 1. The summed E-state index contributed by atoms with van der Waals surface area (Å²) in [6.07, 6.45) is 7.74. The second-order valence-electron chi connectivity index (χ2n) is 6.55. The molecule has 1 aromatic carbocycles. The van der Waals surface area contributed by atoms with Crippen LogP contribution in [0.3, 0.4) is 0 Å². The standard InChI is InChI=1S/C18H27NO/c1-3-15-7-9-16(10-8-15)17-14(2)19-13-18(20-17)11-5-4-6-12-18/h7-10,14,17,19H,3-6,11-13H2,1-2H3. The van der Waals surface area contributed by atoms with E-state index < -0.39 is 0 Å². The largest absolute Gasteiger partial charge is 0.364 e. The Balaban J connectivity index is 1.78. The molecule has 1 aliphatic heterocycles. The van der Waals surface area contributed by atoms with Crippen molar-refractivity contribution in [3.63, 3.8) is 0 Å². The highest BCUT2D eigenvalue weighted by Crippen LogP contribution is 2.39. The van der Waals surface area contributed by atoms with Gasteiger partial charge in [0.1, 0.15) is 0 Å². The van der Waals surface area contributed by atoms with Crippen LogP contribution in [0.25, 0.3) is 0 Å². The van der Waals surface area contributed by atoms with E-state index in [1.165, 1.54) is 43.2 Å². The van der Waals surface area contributed by atoms with E-state index >= 15 is 0 Å². The van der Waals surface area contributed by atoms with Gasteiger partial charge in [-0.3, -0.25) is 0 Å². The van der Waals surface area contributed by atoms with Gasteiger partial charge in [-0.25, -0.2) is 0 Å². The van der Waals surface area contributed by atoms with Crippen molar-refractivity contribution in [2.45, 2.75) is 70.1 Å². The topological polar surface area (TPSA) is 21.3 Å². The summed E-state index contributed by atoms with van der Waals surface area (Å²) in [4.78, 5) is 0. The lowest BCUT2D eigenvalue weighted by Gasteiger charge is -2.47. The Morgan fingerprint density at radius 1 is 1.15 bits per heavy atom. The molecule has 1 heterocycles. The summed E-state index contributed by atoms with van der Waals surface area (Å²) in [7, 11) is 0. The van der Waals surface area contributed by atoms with E-state index in [0.29, 0.717) is 6.04 Å². The van der Waals surface area contributed by atoms with E-state index in [9.17, 15) is 0 Å². The number of aryl methyl sites for hydroxylation is 1. The first-order valence-electron chi connectivity index (χ1n) is 8.22. The molecule has 2 fully saturated rings. The van der Waals surface area contributed by atoms with Crippen LogP contribution in [-0.2, 0) is 11.2 Å². The van der Waals surface area contributed by atoms with Gasteiger partial charge in [0.05, 0.1) is 11.7 Å². The van der Waals surface area contributed by atoms with E-state index in [4.69, 9.17) is 4.74 Å². The zero-order valence-corrected chi connectivity index (χ0v) is 12.8. The van der Waals surface area contributed by atoms with Gasteiger partial charge in [0, 0.05) is 12.6 Å². The third kappa shape index (κ3) is 2.77. The monoisotopic (exact) mass is 273 g/mol. The fourth-order valence-corrected chi connectivity index (χ4v) is 3.66. The number of hydrogen-bond acceptors (Lipinski definition) is 2. The molecule has 0 amide bonds. The summed E-state index contributed by atoms with van der Waals surface area (Å²) in [5.74, 6) is 0. The molecule has 110 valence electrons. The van der Waals surface area contributed by atoms with E-state index in [1.807, 2.05) is 0 Å². The summed E-state index contributed by atoms with van der Waals surface area (Å²) < 4.78 is 6.62. The van der Waals surface area contributed by atoms with Gasteiger partial charge >= 0.3 is 0 Å². The quantitative estimate of drug-likeness (QED) is 0.879. The van der Waals surface area contributed by atoms with Gasteiger partial charge in [0.25, 0.3) is 0 Å². The molecule has 2 heteroatoms. The Morgan fingerprint density at radius 3 is 2.50 bits per heavy atom. The molecule has 1 saturated carbocycles. The summed E-state index contributed by atoms with van der Waals surface area (Å²) in [5, 5.41) is 3.69. The third-order valence-electron chi connectivity index (χ3n) is 5.06. The molecule has 1 spiro atoms. The Kier molecular flexibility index (Phi) is 4.13. The van der Waals surface area contributed by atoms with Gasteiger partial charge in [0.15, 0.2) is 0 Å². The first kappa shape index (κ1) is 14.1. The highest BCUT2D eigenvalue weighted by Gasteiger charge is 2.41. The number of morpholine rings is 1. The second kappa shape index (κ2) is 5.87. The van der Waals surface area contributed by atoms with Crippen molar-refractivity contribution in [1.82, 2.24) is 5.32 Å². The molecule has 0 bridgehead atoms. The van der Waals surface area contributed by atoms with E-state index in [1.54, 1.807) is 0 Å². The van der Waals surface area contributed by atoms with Crippen LogP contribution in [0.4, 0.5) is 0 Å². The van der Waals surface area contributed by atoms with Crippen molar-refractivity contribution < 1.29 is 4.74 Å². The Labute approximate surface area is 122 Å². The van der Waals surface area contributed by atoms with Crippen LogP contribution in [0, 0.1) is 0 Å². The van der Waals surface area contributed by atoms with Crippen LogP contribution in [0.1, 0.15) is 63.2 Å². The highest BCUT2D eigenvalue weighted by atomic mass is 16.5. The molecule has 1 aromatic rings. The number of ether oxygens (including phenoxy) is 1. The molecular weight excluding hydrogens is 246 g/mol. The normalized spacial score (nSPS) is 29.5. The van der Waals surface area contributed by atoms with Gasteiger partial charge < -0.3 is 10.1 Å². The molecule has 1 N–H and O–H groups in total. The van der Waals surface area contributed by atoms with Crippen LogP contribution in [-0.4, -0.2) is 18.2 Å². The predicted octanol–water partition coefficient (Wildman–Crippen LogP) is 4.00. The SMILES string of the molecule is CCc1ccc(C2OC3(CCCCC3)CNC2C)cc1. The van der Waals surface area contributed by atoms with Crippen molar-refractivity contribution >= 4 is 0 Å². The minimum atomic E-state index is 0.0961. The van der Waals surface area contributed by atoms with Crippen molar-refractivity contribution in [3.05, 3.63) is 35.4 Å². The van der Waals surface area contributed by atoms with Crippen LogP contribution < -0.4 is 5.32 Å². The molecule has 0 radical (unpaired) electrons. The molecule has 2 nitrogen and oxygen atoms in total. The van der Waals surface area contributed by atoms with Crippen LogP contribution in [0.2, 0.25) is 0 Å². The fourth-order valence-electron chi connectivity index (χ4n) is 3.66. The number of benzene rings is 1. The summed E-state index contributed by atoms with van der Waals surface area (Å²) in [5.41, 5.74) is 2.82. The maximum absolute atomic E-state index is 6.62. The van der Waals surface area contributed by atoms with Crippen LogP contribution in [0.5, 0.6) is 0 Å². The number of rotatable bonds is 2. The molecule has 2 atom stereocenters. The van der Waals surface area contributed by atoms with E-state index in [0.717, 1.165) is 13.0 Å². The van der Waals surface area contributed by atoms with Gasteiger partial charge in [-0.1, -0.05) is 50.5 Å². The zero-order chi connectivity index (χ0) is 14.0. The number of nitrogens with one attached hydrogen (secondary N) is 1. The first-order valence-corrected chi connectivity index (χ1v) is 8.22. The maximum Gasteiger partial charge on any atom is 0.0983 e. The minimum Gasteiger partial charge on any atom is -0.364 e. The molecule has 1 saturated heterocycles. The molecular formula is C18H27NO. The van der Waals surface area contributed by atoms with Crippen molar-refractivity contribution in [1.29, 1.82) is 0 Å². The van der Waals surface area contributed by atoms with E-state index in [-0.39, 0.29) is 11.7 Å². The van der Waals surface area contributed by atoms with Gasteiger partial charge in [0.2, 0.25) is 0 Å². The average molecular weight is 273 g/mol. The summed E-state index contributed by atoms with van der Waals surface area (Å²) in [6.45, 7) is 5.47. The average Bonchev–Trinajstić information content (AvgIpc) is 2.51. The van der Waals surface area contributed by atoms with Crippen LogP contribution in [0.15, 0.2) is 24.3 Å². The fraction of sp³-hybridized carbons (Fsp3) is 0.667. The van der Waals surface area contributed by atoms with Gasteiger partial charge in [-0.15, -0.1) is 0 Å². The van der Waals surface area contributed by atoms with Crippen molar-refractivity contribution in [2.24, 2.45) is 0 Å². The first-order chi connectivity index (χ1) is 9.72. The predicted molar refractivity (Wildman–Crippen MR) is 82.9 cm³/mol. The van der Waals surface area contributed by atoms with Gasteiger partial charge in [-0.05, 0) is 37.3 Å². The van der Waals surface area contributed by atoms with Gasteiger partial charge in [-0.2, -0.15) is 0 Å². The summed E-state index contributed by atoms with van der Waals surface area (Å²) in [6, 6.07) is 9.39. The molecule has 2 unspecified atom stereocenters. The van der Waals surface area contributed by atoms with Crippen molar-refractivity contribution in [3.8, 4) is 0 Å². The second-order valence-corrected chi connectivity index (χ2v) is 6.55. The van der Waals surface area contributed by atoms with Crippen molar-refractivity contribution in [2.75, 3.05) is 6.54 Å². The Bertz CT molecular complexity index is 433. The zero-order valence-electron chi connectivity index (χ0n) is 12.8. The van der Waals surface area contributed by atoms with Crippen LogP contribution >= 0.6 is 0 Å². The van der Waals surface area contributed by atoms with E-state index in [2.05, 4.69) is 43.4 Å².